The molecule has 0 radical (unpaired) electrons. The van der Waals surface area contributed by atoms with E-state index in [0.29, 0.717) is 12.1 Å². The van der Waals surface area contributed by atoms with Gasteiger partial charge in [0.05, 0.1) is 11.6 Å². The molecule has 1 fully saturated rings. The van der Waals surface area contributed by atoms with E-state index in [0.717, 1.165) is 19.3 Å². The van der Waals surface area contributed by atoms with Gasteiger partial charge < -0.3 is 10.5 Å². The van der Waals surface area contributed by atoms with E-state index in [1.807, 2.05) is 0 Å². The van der Waals surface area contributed by atoms with Gasteiger partial charge in [-0.05, 0) is 13.3 Å². The van der Waals surface area contributed by atoms with Crippen molar-refractivity contribution in [2.45, 2.75) is 58.5 Å². The van der Waals surface area contributed by atoms with Crippen molar-refractivity contribution in [2.24, 2.45) is 16.8 Å². The van der Waals surface area contributed by atoms with Gasteiger partial charge in [-0.1, -0.05) is 32.6 Å². The Morgan fingerprint density at radius 2 is 2.21 bits per heavy atom. The molecule has 1 saturated heterocycles. The third kappa shape index (κ3) is 5.28. The first-order chi connectivity index (χ1) is 9.04. The zero-order valence-electron chi connectivity index (χ0n) is 11.6. The van der Waals surface area contributed by atoms with Crippen molar-refractivity contribution in [1.29, 1.82) is 0 Å². The molecule has 0 aromatic heterocycles. The molecule has 1 aliphatic rings. The number of esters is 1. The summed E-state index contributed by atoms with van der Waals surface area (Å²) in [4.78, 5) is 22.2. The van der Waals surface area contributed by atoms with Gasteiger partial charge in [0.25, 0.3) is 0 Å². The van der Waals surface area contributed by atoms with E-state index >= 15 is 0 Å². The highest BCUT2D eigenvalue weighted by molar-refractivity contribution is 5.91. The summed E-state index contributed by atoms with van der Waals surface area (Å²) in [5.41, 5.74) is 7.64. The van der Waals surface area contributed by atoms with E-state index in [1.165, 1.54) is 12.8 Å². The van der Waals surface area contributed by atoms with Gasteiger partial charge in [-0.15, -0.1) is 0 Å². The number of hydrogen-bond donors (Lipinski definition) is 2. The first kappa shape index (κ1) is 15.5. The summed E-state index contributed by atoms with van der Waals surface area (Å²) < 4.78 is 5.26. The van der Waals surface area contributed by atoms with Crippen molar-refractivity contribution in [3.8, 4) is 0 Å². The van der Waals surface area contributed by atoms with Gasteiger partial charge in [0.15, 0.2) is 0 Å². The standard InChI is InChI=1S/C13H23N3O3/c1-3-4-5-6-7-10-8-11(19-12(10)17)9(2)15-16-13(14)18/h10-11H,3-8H2,1-2H3,(H3,14,16,18)/b15-9-/t10-,11-/m0/s1. The minimum Gasteiger partial charge on any atom is -0.456 e. The van der Waals surface area contributed by atoms with Crippen molar-refractivity contribution in [2.75, 3.05) is 0 Å². The number of hydrogen-bond acceptors (Lipinski definition) is 4. The number of carbonyl (C=O) groups excluding carboxylic acids is 2. The Bertz CT molecular complexity index is 355. The van der Waals surface area contributed by atoms with Crippen LogP contribution in [-0.2, 0) is 9.53 Å². The number of cyclic esters (lactones) is 1. The van der Waals surface area contributed by atoms with E-state index in [-0.39, 0.29) is 18.0 Å². The lowest BCUT2D eigenvalue weighted by atomic mass is 9.96. The lowest BCUT2D eigenvalue weighted by Crippen LogP contribution is -2.28. The smallest absolute Gasteiger partial charge is 0.332 e. The molecule has 0 aromatic carbocycles. The molecule has 2 amide bonds. The molecule has 2 atom stereocenters. The number of carbonyl (C=O) groups is 2. The minimum absolute atomic E-state index is 0.0411. The van der Waals surface area contributed by atoms with Crippen LogP contribution < -0.4 is 11.2 Å². The molecule has 19 heavy (non-hydrogen) atoms. The molecule has 0 bridgehead atoms. The fraction of sp³-hybridized carbons (Fsp3) is 0.769. The van der Waals surface area contributed by atoms with Gasteiger partial charge in [-0.2, -0.15) is 5.10 Å². The molecule has 0 aromatic rings. The highest BCUT2D eigenvalue weighted by Crippen LogP contribution is 2.27. The summed E-state index contributed by atoms with van der Waals surface area (Å²) >= 11 is 0. The van der Waals surface area contributed by atoms with Gasteiger partial charge in [0.1, 0.15) is 6.10 Å². The second-order valence-electron chi connectivity index (χ2n) is 4.94. The van der Waals surface area contributed by atoms with Crippen molar-refractivity contribution >= 4 is 17.7 Å². The van der Waals surface area contributed by atoms with Crippen molar-refractivity contribution in [3.05, 3.63) is 0 Å². The van der Waals surface area contributed by atoms with E-state index in [9.17, 15) is 9.59 Å². The fourth-order valence-electron chi connectivity index (χ4n) is 2.16. The SMILES string of the molecule is CCCCCC[C@H]1C[C@@H](/C(C)=N\NC(N)=O)OC1=O. The maximum Gasteiger partial charge on any atom is 0.332 e. The second-order valence-corrected chi connectivity index (χ2v) is 4.94. The summed E-state index contributed by atoms with van der Waals surface area (Å²) in [6.07, 6.45) is 5.76. The molecule has 1 heterocycles. The molecule has 0 spiro atoms. The number of urea groups is 1. The van der Waals surface area contributed by atoms with E-state index in [1.54, 1.807) is 6.92 Å². The monoisotopic (exact) mass is 269 g/mol. The summed E-state index contributed by atoms with van der Waals surface area (Å²) in [5, 5.41) is 3.80. The van der Waals surface area contributed by atoms with Crippen LogP contribution in [0.4, 0.5) is 4.79 Å². The average molecular weight is 269 g/mol. The number of nitrogens with two attached hydrogens (primary N) is 1. The molecule has 0 saturated carbocycles. The fourth-order valence-corrected chi connectivity index (χ4v) is 2.16. The molecule has 0 unspecified atom stereocenters. The number of ether oxygens (including phenoxy) is 1. The number of hydrazone groups is 1. The minimum atomic E-state index is -0.722. The number of primary amides is 1. The number of amides is 2. The van der Waals surface area contributed by atoms with E-state index < -0.39 is 6.03 Å². The van der Waals surface area contributed by atoms with Crippen LogP contribution in [0.1, 0.15) is 52.4 Å². The van der Waals surface area contributed by atoms with Gasteiger partial charge in [0, 0.05) is 6.42 Å². The maximum atomic E-state index is 11.7. The average Bonchev–Trinajstić information content (AvgIpc) is 2.73. The quantitative estimate of drug-likeness (QED) is 0.320. The molecule has 0 aliphatic carbocycles. The molecule has 6 nitrogen and oxygen atoms in total. The Morgan fingerprint density at radius 1 is 1.47 bits per heavy atom. The van der Waals surface area contributed by atoms with E-state index in [2.05, 4.69) is 17.5 Å². The molecule has 108 valence electrons. The molecule has 3 N–H and O–H groups in total. The summed E-state index contributed by atoms with van der Waals surface area (Å²) in [7, 11) is 0. The molecular weight excluding hydrogens is 246 g/mol. The predicted molar refractivity (Wildman–Crippen MR) is 72.6 cm³/mol. The van der Waals surface area contributed by atoms with Gasteiger partial charge in [0.2, 0.25) is 0 Å². The van der Waals surface area contributed by atoms with Gasteiger partial charge in [-0.3, -0.25) is 4.79 Å². The molecular formula is C13H23N3O3. The summed E-state index contributed by atoms with van der Waals surface area (Å²) in [5.74, 6) is -0.198. The Labute approximate surface area is 113 Å². The number of nitrogens with one attached hydrogen (secondary N) is 1. The molecule has 6 heteroatoms. The van der Waals surface area contributed by atoms with Crippen LogP contribution in [0.3, 0.4) is 0 Å². The van der Waals surface area contributed by atoms with Crippen LogP contribution in [0.2, 0.25) is 0 Å². The number of rotatable bonds is 7. The summed E-state index contributed by atoms with van der Waals surface area (Å²) in [6.45, 7) is 3.87. The highest BCUT2D eigenvalue weighted by atomic mass is 16.6. The van der Waals surface area contributed by atoms with Crippen molar-refractivity contribution in [1.82, 2.24) is 5.43 Å². The molecule has 1 aliphatic heterocycles. The third-order valence-electron chi connectivity index (χ3n) is 3.30. The van der Waals surface area contributed by atoms with Crippen LogP contribution in [0.15, 0.2) is 5.10 Å². The van der Waals surface area contributed by atoms with Crippen LogP contribution in [-0.4, -0.2) is 23.8 Å². The van der Waals surface area contributed by atoms with Crippen molar-refractivity contribution in [3.63, 3.8) is 0 Å². The van der Waals surface area contributed by atoms with Gasteiger partial charge in [-0.25, -0.2) is 10.2 Å². The largest absolute Gasteiger partial charge is 0.456 e. The Hall–Kier alpha value is -1.59. The predicted octanol–water partition coefficient (Wildman–Crippen LogP) is 1.93. The normalized spacial score (nSPS) is 23.3. The number of unbranched alkanes of at least 4 members (excludes halogenated alkanes) is 3. The third-order valence-corrected chi connectivity index (χ3v) is 3.30. The maximum absolute atomic E-state index is 11.7. The second kappa shape index (κ2) is 7.76. The zero-order chi connectivity index (χ0) is 14.3. The van der Waals surface area contributed by atoms with E-state index in [4.69, 9.17) is 10.5 Å². The number of nitrogens with zero attached hydrogens (tertiary/aromatic N) is 1. The lowest BCUT2D eigenvalue weighted by Gasteiger charge is -2.07. The van der Waals surface area contributed by atoms with Crippen LogP contribution in [0, 0.1) is 5.92 Å². The first-order valence-corrected chi connectivity index (χ1v) is 6.84. The molecule has 1 rings (SSSR count). The van der Waals surface area contributed by atoms with Gasteiger partial charge >= 0.3 is 12.0 Å². The van der Waals surface area contributed by atoms with Crippen LogP contribution >= 0.6 is 0 Å². The van der Waals surface area contributed by atoms with Crippen LogP contribution in [0.5, 0.6) is 0 Å². The van der Waals surface area contributed by atoms with Crippen LogP contribution in [0.25, 0.3) is 0 Å². The lowest BCUT2D eigenvalue weighted by molar-refractivity contribution is -0.142. The van der Waals surface area contributed by atoms with Crippen molar-refractivity contribution < 1.29 is 14.3 Å². The Morgan fingerprint density at radius 3 is 2.84 bits per heavy atom. The highest BCUT2D eigenvalue weighted by Gasteiger charge is 2.35. The Kier molecular flexibility index (Phi) is 6.32. The Balaban J connectivity index is 2.39. The zero-order valence-corrected chi connectivity index (χ0v) is 11.6. The first-order valence-electron chi connectivity index (χ1n) is 6.84. The summed E-state index contributed by atoms with van der Waals surface area (Å²) in [6, 6.07) is -0.722. The topological polar surface area (TPSA) is 93.8 Å².